The molecule has 2 rings (SSSR count). The van der Waals surface area contributed by atoms with E-state index in [-0.39, 0.29) is 6.42 Å². The van der Waals surface area contributed by atoms with E-state index in [0.717, 1.165) is 0 Å². The van der Waals surface area contributed by atoms with Gasteiger partial charge in [0.25, 0.3) is 5.79 Å². The van der Waals surface area contributed by atoms with Crippen LogP contribution >= 0.6 is 0 Å². The quantitative estimate of drug-likeness (QED) is 0.614. The van der Waals surface area contributed by atoms with Gasteiger partial charge in [0, 0.05) is 20.3 Å². The maximum Gasteiger partial charge on any atom is 0.331 e. The lowest BCUT2D eigenvalue weighted by Crippen LogP contribution is -2.49. The van der Waals surface area contributed by atoms with E-state index in [9.17, 15) is 14.4 Å². The summed E-state index contributed by atoms with van der Waals surface area (Å²) in [5.74, 6) is -4.47. The van der Waals surface area contributed by atoms with Gasteiger partial charge in [-0.05, 0) is 17.7 Å². The number of benzene rings is 1. The average Bonchev–Trinajstić information content (AvgIpc) is 2.37. The van der Waals surface area contributed by atoms with E-state index in [1.807, 2.05) is 0 Å². The molecular weight excluding hydrogens is 276 g/mol. The minimum atomic E-state index is -1.51. The fraction of sp³-hybridized carbons (Fsp3) is 0.400. The highest BCUT2D eigenvalue weighted by atomic mass is 16.7. The predicted molar refractivity (Wildman–Crippen MR) is 71.5 cm³/mol. The van der Waals surface area contributed by atoms with Crippen LogP contribution in [0, 0.1) is 5.92 Å². The van der Waals surface area contributed by atoms with Crippen LogP contribution in [0.15, 0.2) is 24.3 Å². The molecule has 1 saturated heterocycles. The number of Topliss-reactive ketones (excluding diaryl/α,β-unsaturated/α-hetero) is 1. The van der Waals surface area contributed by atoms with Gasteiger partial charge in [0.05, 0.1) is 7.11 Å². The zero-order valence-electron chi connectivity index (χ0n) is 12.0. The number of esters is 2. The molecule has 1 fully saturated rings. The molecule has 0 atom stereocenters. The van der Waals surface area contributed by atoms with Gasteiger partial charge in [-0.25, -0.2) is 0 Å². The van der Waals surface area contributed by atoms with Crippen LogP contribution in [-0.2, 0) is 30.3 Å². The van der Waals surface area contributed by atoms with Gasteiger partial charge < -0.3 is 14.2 Å². The number of carbonyl (C=O) groups is 3. The Morgan fingerprint density at radius 2 is 1.67 bits per heavy atom. The lowest BCUT2D eigenvalue weighted by molar-refractivity contribution is -0.238. The third kappa shape index (κ3) is 3.39. The van der Waals surface area contributed by atoms with E-state index in [1.54, 1.807) is 24.3 Å². The van der Waals surface area contributed by atoms with Gasteiger partial charge in [-0.2, -0.15) is 0 Å². The minimum Gasteiger partial charge on any atom is -0.497 e. The number of hydrogen-bond acceptors (Lipinski definition) is 6. The lowest BCUT2D eigenvalue weighted by Gasteiger charge is -2.32. The Labute approximate surface area is 122 Å². The molecule has 0 N–H and O–H groups in total. The summed E-state index contributed by atoms with van der Waals surface area (Å²) in [5, 5.41) is 0. The van der Waals surface area contributed by atoms with Crippen LogP contribution in [0.25, 0.3) is 0 Å². The summed E-state index contributed by atoms with van der Waals surface area (Å²) in [5.41, 5.74) is 0.672. The van der Waals surface area contributed by atoms with Crippen LogP contribution in [0.3, 0.4) is 0 Å². The molecule has 112 valence electrons. The van der Waals surface area contributed by atoms with Crippen molar-refractivity contribution in [2.24, 2.45) is 5.92 Å². The number of cyclic esters (lactones) is 2. The fourth-order valence-electron chi connectivity index (χ4n) is 2.03. The van der Waals surface area contributed by atoms with Crippen LogP contribution in [-0.4, -0.2) is 30.6 Å². The van der Waals surface area contributed by atoms with Crippen molar-refractivity contribution < 1.29 is 28.6 Å². The third-order valence-corrected chi connectivity index (χ3v) is 3.02. The first kappa shape index (κ1) is 15.0. The largest absolute Gasteiger partial charge is 0.497 e. The Bertz CT molecular complexity index is 552. The molecule has 1 heterocycles. The van der Waals surface area contributed by atoms with Crippen molar-refractivity contribution in [2.75, 3.05) is 7.11 Å². The van der Waals surface area contributed by atoms with Crippen molar-refractivity contribution in [3.05, 3.63) is 29.8 Å². The Morgan fingerprint density at radius 1 is 1.14 bits per heavy atom. The summed E-state index contributed by atoms with van der Waals surface area (Å²) in [7, 11) is 1.54. The van der Waals surface area contributed by atoms with E-state index in [4.69, 9.17) is 14.2 Å². The molecule has 0 aromatic heterocycles. The maximum absolute atomic E-state index is 12.1. The van der Waals surface area contributed by atoms with Crippen molar-refractivity contribution in [2.45, 2.75) is 26.1 Å². The maximum atomic E-state index is 12.1. The summed E-state index contributed by atoms with van der Waals surface area (Å²) in [6.07, 6.45) is -0.0563. The third-order valence-electron chi connectivity index (χ3n) is 3.02. The van der Waals surface area contributed by atoms with Crippen molar-refractivity contribution in [3.8, 4) is 5.75 Å². The molecule has 1 aromatic carbocycles. The highest BCUT2D eigenvalue weighted by molar-refractivity contribution is 6.16. The molecule has 1 aliphatic heterocycles. The number of hydrogen-bond donors (Lipinski definition) is 0. The van der Waals surface area contributed by atoms with Crippen molar-refractivity contribution in [1.29, 1.82) is 0 Å². The topological polar surface area (TPSA) is 78.9 Å². The van der Waals surface area contributed by atoms with Crippen LogP contribution < -0.4 is 4.74 Å². The number of ketones is 1. The minimum absolute atomic E-state index is 0.0563. The zero-order valence-corrected chi connectivity index (χ0v) is 12.0. The van der Waals surface area contributed by atoms with Crippen LogP contribution in [0.1, 0.15) is 19.4 Å². The molecule has 0 radical (unpaired) electrons. The van der Waals surface area contributed by atoms with E-state index in [2.05, 4.69) is 0 Å². The molecule has 0 spiro atoms. The molecule has 0 unspecified atom stereocenters. The SMILES string of the molecule is COc1ccc(CC(=O)C2C(=O)OC(C)(C)OC2=O)cc1. The van der Waals surface area contributed by atoms with E-state index >= 15 is 0 Å². The number of carbonyl (C=O) groups excluding carboxylic acids is 3. The zero-order chi connectivity index (χ0) is 15.6. The van der Waals surface area contributed by atoms with Gasteiger partial charge >= 0.3 is 11.9 Å². The van der Waals surface area contributed by atoms with Crippen molar-refractivity contribution in [1.82, 2.24) is 0 Å². The molecule has 6 heteroatoms. The lowest BCUT2D eigenvalue weighted by atomic mass is 9.97. The summed E-state index contributed by atoms with van der Waals surface area (Å²) in [4.78, 5) is 35.7. The highest BCUT2D eigenvalue weighted by Crippen LogP contribution is 2.24. The second-order valence-electron chi connectivity index (χ2n) is 5.17. The summed E-state index contributed by atoms with van der Waals surface area (Å²) < 4.78 is 14.9. The normalized spacial score (nSPS) is 17.9. The van der Waals surface area contributed by atoms with Crippen molar-refractivity contribution in [3.63, 3.8) is 0 Å². The number of ether oxygens (including phenoxy) is 3. The van der Waals surface area contributed by atoms with Gasteiger partial charge in [0.2, 0.25) is 5.92 Å². The van der Waals surface area contributed by atoms with E-state index < -0.39 is 29.4 Å². The van der Waals surface area contributed by atoms with Crippen LogP contribution in [0.2, 0.25) is 0 Å². The Kier molecular flexibility index (Phi) is 3.97. The molecule has 6 nitrogen and oxygen atoms in total. The molecule has 1 aliphatic rings. The fourth-order valence-corrected chi connectivity index (χ4v) is 2.03. The highest BCUT2D eigenvalue weighted by Gasteiger charge is 2.46. The van der Waals surface area contributed by atoms with E-state index in [1.165, 1.54) is 21.0 Å². The molecule has 21 heavy (non-hydrogen) atoms. The Hall–Kier alpha value is -2.37. The summed E-state index contributed by atoms with van der Waals surface area (Å²) >= 11 is 0. The summed E-state index contributed by atoms with van der Waals surface area (Å²) in [6.45, 7) is 2.87. The Morgan fingerprint density at radius 3 is 2.14 bits per heavy atom. The number of methoxy groups -OCH3 is 1. The molecular formula is C15H16O6. The first-order chi connectivity index (χ1) is 9.82. The van der Waals surface area contributed by atoms with Crippen LogP contribution in [0.5, 0.6) is 5.75 Å². The first-order valence-corrected chi connectivity index (χ1v) is 6.44. The predicted octanol–water partition coefficient (Wildman–Crippen LogP) is 1.26. The number of rotatable bonds is 4. The average molecular weight is 292 g/mol. The molecule has 0 aliphatic carbocycles. The summed E-state index contributed by atoms with van der Waals surface area (Å²) in [6, 6.07) is 6.78. The van der Waals surface area contributed by atoms with Gasteiger partial charge in [0.1, 0.15) is 5.75 Å². The molecule has 0 amide bonds. The first-order valence-electron chi connectivity index (χ1n) is 6.44. The van der Waals surface area contributed by atoms with Gasteiger partial charge in [0.15, 0.2) is 5.78 Å². The molecule has 1 aromatic rings. The second kappa shape index (κ2) is 5.55. The monoisotopic (exact) mass is 292 g/mol. The second-order valence-corrected chi connectivity index (χ2v) is 5.17. The van der Waals surface area contributed by atoms with Gasteiger partial charge in [-0.1, -0.05) is 12.1 Å². The van der Waals surface area contributed by atoms with Gasteiger partial charge in [-0.3, -0.25) is 14.4 Å². The smallest absolute Gasteiger partial charge is 0.331 e. The van der Waals surface area contributed by atoms with Crippen LogP contribution in [0.4, 0.5) is 0 Å². The standard InChI is InChI=1S/C15H16O6/c1-15(2)20-13(17)12(14(18)21-15)11(16)8-9-4-6-10(19-3)7-5-9/h4-7,12H,8H2,1-3H3. The van der Waals surface area contributed by atoms with E-state index in [0.29, 0.717) is 11.3 Å². The van der Waals surface area contributed by atoms with Crippen molar-refractivity contribution >= 4 is 17.7 Å². The molecule has 0 bridgehead atoms. The Balaban J connectivity index is 2.09. The molecule has 0 saturated carbocycles. The van der Waals surface area contributed by atoms with Gasteiger partial charge in [-0.15, -0.1) is 0 Å².